The number of phosphoric acid groups is 1. The second kappa shape index (κ2) is 4.02. The summed E-state index contributed by atoms with van der Waals surface area (Å²) in [6.07, 6.45) is 0. The van der Waals surface area contributed by atoms with Gasteiger partial charge in [0, 0.05) is 0 Å². The van der Waals surface area contributed by atoms with Crippen molar-refractivity contribution in [2.24, 2.45) is 11.7 Å². The summed E-state index contributed by atoms with van der Waals surface area (Å²) in [7, 11) is -9.57. The van der Waals surface area contributed by atoms with Crippen LogP contribution in [0.25, 0.3) is 0 Å². The van der Waals surface area contributed by atoms with Gasteiger partial charge in [-0.05, 0) is 12.8 Å². The molecule has 0 fully saturated rings. The van der Waals surface area contributed by atoms with E-state index in [1.54, 1.807) is 13.8 Å². The van der Waals surface area contributed by atoms with Gasteiger partial charge < -0.3 is 20.4 Å². The maximum Gasteiger partial charge on any atom is 0.476 e. The molecule has 0 saturated heterocycles. The van der Waals surface area contributed by atoms with Gasteiger partial charge in [-0.2, -0.15) is 0 Å². The summed E-state index contributed by atoms with van der Waals surface area (Å²) in [5, 5.41) is -1.70. The zero-order valence-electron chi connectivity index (χ0n) is 8.12. The van der Waals surface area contributed by atoms with E-state index in [-0.39, 0.29) is 0 Å². The lowest BCUT2D eigenvalue weighted by molar-refractivity contribution is 0.241. The molecule has 86 valence electrons. The van der Waals surface area contributed by atoms with Gasteiger partial charge in [-0.25, -0.2) is 8.88 Å². The SMILES string of the molecule is CC(C)C(C)(N)P(=O)(O)OP(=O)(O)O. The van der Waals surface area contributed by atoms with Crippen LogP contribution < -0.4 is 5.73 Å². The highest BCUT2D eigenvalue weighted by Gasteiger charge is 2.47. The van der Waals surface area contributed by atoms with E-state index in [1.165, 1.54) is 6.92 Å². The van der Waals surface area contributed by atoms with Gasteiger partial charge in [0.2, 0.25) is 0 Å². The minimum absolute atomic E-state index is 0.468. The maximum absolute atomic E-state index is 11.4. The Morgan fingerprint density at radius 1 is 1.29 bits per heavy atom. The summed E-state index contributed by atoms with van der Waals surface area (Å²) in [5.41, 5.74) is 5.46. The molecule has 0 aliphatic carbocycles. The van der Waals surface area contributed by atoms with E-state index >= 15 is 0 Å². The van der Waals surface area contributed by atoms with Crippen LogP contribution in [0.15, 0.2) is 0 Å². The van der Waals surface area contributed by atoms with Gasteiger partial charge >= 0.3 is 15.4 Å². The average Bonchev–Trinajstić information content (AvgIpc) is 1.80. The van der Waals surface area contributed by atoms with Crippen LogP contribution in [0.5, 0.6) is 0 Å². The molecule has 0 radical (unpaired) electrons. The van der Waals surface area contributed by atoms with Crippen molar-refractivity contribution in [3.05, 3.63) is 0 Å². The molecule has 0 rings (SSSR count). The van der Waals surface area contributed by atoms with Gasteiger partial charge in [0.1, 0.15) is 5.28 Å². The summed E-state index contributed by atoms with van der Waals surface area (Å²) >= 11 is 0. The smallest absolute Gasteiger partial charge is 0.323 e. The molecule has 0 heterocycles. The van der Waals surface area contributed by atoms with E-state index in [1.807, 2.05) is 0 Å². The molecule has 2 unspecified atom stereocenters. The fourth-order valence-corrected chi connectivity index (χ4v) is 3.07. The zero-order chi connectivity index (χ0) is 11.8. The average molecular weight is 247 g/mol. The van der Waals surface area contributed by atoms with Gasteiger partial charge in [0.15, 0.2) is 0 Å². The van der Waals surface area contributed by atoms with E-state index in [9.17, 15) is 14.0 Å². The fraction of sp³-hybridized carbons (Fsp3) is 1.00. The Kier molecular flexibility index (Phi) is 4.10. The predicted octanol–water partition coefficient (Wildman–Crippen LogP) is 0.612. The van der Waals surface area contributed by atoms with Crippen LogP contribution in [0.1, 0.15) is 20.8 Å². The van der Waals surface area contributed by atoms with Crippen molar-refractivity contribution in [2.45, 2.75) is 26.1 Å². The summed E-state index contributed by atoms with van der Waals surface area (Å²) in [4.78, 5) is 26.1. The molecule has 0 aliphatic rings. The van der Waals surface area contributed by atoms with Crippen molar-refractivity contribution >= 4 is 15.4 Å². The first kappa shape index (κ1) is 14.3. The summed E-state index contributed by atoms with van der Waals surface area (Å²) < 4.78 is 25.6. The van der Waals surface area contributed by atoms with Gasteiger partial charge in [-0.1, -0.05) is 13.8 Å². The molecule has 7 nitrogen and oxygen atoms in total. The van der Waals surface area contributed by atoms with Crippen molar-refractivity contribution in [1.29, 1.82) is 0 Å². The molecule has 2 atom stereocenters. The molecule has 0 aliphatic heterocycles. The minimum atomic E-state index is -5.02. The van der Waals surface area contributed by atoms with E-state index < -0.39 is 26.6 Å². The molecule has 0 bridgehead atoms. The molecule has 0 spiro atoms. The highest BCUT2D eigenvalue weighted by Crippen LogP contribution is 2.64. The Bertz CT molecular complexity index is 295. The van der Waals surface area contributed by atoms with Gasteiger partial charge in [-0.15, -0.1) is 0 Å². The van der Waals surface area contributed by atoms with Gasteiger partial charge in [-0.3, -0.25) is 4.57 Å². The molecule has 0 aromatic heterocycles. The van der Waals surface area contributed by atoms with Crippen molar-refractivity contribution in [3.8, 4) is 0 Å². The predicted molar refractivity (Wildman–Crippen MR) is 50.4 cm³/mol. The third-order valence-corrected chi connectivity index (χ3v) is 5.47. The Morgan fingerprint density at radius 2 is 1.64 bits per heavy atom. The summed E-state index contributed by atoms with van der Waals surface area (Å²) in [6, 6.07) is 0. The van der Waals surface area contributed by atoms with E-state index in [4.69, 9.17) is 15.5 Å². The number of hydrogen-bond donors (Lipinski definition) is 4. The monoisotopic (exact) mass is 247 g/mol. The van der Waals surface area contributed by atoms with Crippen molar-refractivity contribution in [3.63, 3.8) is 0 Å². The Hall–Kier alpha value is 0.260. The highest BCUT2D eigenvalue weighted by atomic mass is 31.3. The first-order chi connectivity index (χ1) is 5.90. The second-order valence-corrected chi connectivity index (χ2v) is 7.11. The van der Waals surface area contributed by atoms with Crippen LogP contribution in [-0.2, 0) is 13.4 Å². The first-order valence-corrected chi connectivity index (χ1v) is 6.89. The number of nitrogens with two attached hydrogens (primary N) is 1. The van der Waals surface area contributed by atoms with Crippen LogP contribution in [0.2, 0.25) is 0 Å². The lowest BCUT2D eigenvalue weighted by Gasteiger charge is -2.32. The quantitative estimate of drug-likeness (QED) is 0.535. The largest absolute Gasteiger partial charge is 0.476 e. The van der Waals surface area contributed by atoms with Crippen molar-refractivity contribution < 1.29 is 28.1 Å². The molecule has 0 aromatic carbocycles. The maximum atomic E-state index is 11.4. The van der Waals surface area contributed by atoms with E-state index in [0.717, 1.165) is 0 Å². The third kappa shape index (κ3) is 3.44. The Labute approximate surface area is 82.0 Å². The molecule has 5 N–H and O–H groups in total. The minimum Gasteiger partial charge on any atom is -0.323 e. The molecule has 9 heteroatoms. The lowest BCUT2D eigenvalue weighted by Crippen LogP contribution is -2.41. The van der Waals surface area contributed by atoms with Crippen molar-refractivity contribution in [2.75, 3.05) is 0 Å². The lowest BCUT2D eigenvalue weighted by atomic mass is 10.1. The second-order valence-electron chi connectivity index (χ2n) is 3.47. The van der Waals surface area contributed by atoms with Crippen molar-refractivity contribution in [1.82, 2.24) is 0 Å². The zero-order valence-corrected chi connectivity index (χ0v) is 9.90. The summed E-state index contributed by atoms with van der Waals surface area (Å²) in [5.74, 6) is -0.468. The molecule has 0 amide bonds. The van der Waals surface area contributed by atoms with Gasteiger partial charge in [0.05, 0.1) is 0 Å². The standard InChI is InChI=1S/C5H15NO6P2/c1-4(2)5(3,6)13(7,8)12-14(9,10)11/h4H,6H2,1-3H3,(H,7,8)(H2,9,10,11). The Morgan fingerprint density at radius 3 is 1.86 bits per heavy atom. The van der Waals surface area contributed by atoms with Crippen LogP contribution in [-0.4, -0.2) is 20.0 Å². The third-order valence-electron chi connectivity index (χ3n) is 1.99. The topological polar surface area (TPSA) is 130 Å². The summed E-state index contributed by atoms with van der Waals surface area (Å²) in [6.45, 7) is 4.30. The normalized spacial score (nSPS) is 21.7. The highest BCUT2D eigenvalue weighted by molar-refractivity contribution is 7.64. The molecule has 14 heavy (non-hydrogen) atoms. The van der Waals surface area contributed by atoms with Crippen LogP contribution in [0, 0.1) is 5.92 Å². The molecule has 0 aromatic rings. The first-order valence-electron chi connectivity index (χ1n) is 3.79. The van der Waals surface area contributed by atoms with E-state index in [2.05, 4.69) is 4.31 Å². The fourth-order valence-electron chi connectivity index (χ4n) is 0.558. The molecular weight excluding hydrogens is 232 g/mol. The van der Waals surface area contributed by atoms with Gasteiger partial charge in [0.25, 0.3) is 0 Å². The van der Waals surface area contributed by atoms with Crippen LogP contribution >= 0.6 is 15.4 Å². The van der Waals surface area contributed by atoms with Crippen LogP contribution in [0.3, 0.4) is 0 Å². The van der Waals surface area contributed by atoms with Crippen LogP contribution in [0.4, 0.5) is 0 Å². The number of rotatable bonds is 4. The Balaban J connectivity index is 4.98. The molecule has 0 saturated carbocycles. The molecular formula is C5H15NO6P2. The van der Waals surface area contributed by atoms with E-state index in [0.29, 0.717) is 0 Å². The number of hydrogen-bond acceptors (Lipinski definition) is 4.